The first kappa shape index (κ1) is 37.0. The summed E-state index contributed by atoms with van der Waals surface area (Å²) in [6.07, 6.45) is 17.6. The molecule has 0 amide bonds. The number of nitrogens with zero attached hydrogens (tertiary/aromatic N) is 1. The summed E-state index contributed by atoms with van der Waals surface area (Å²) in [5.74, 6) is -0.423. The zero-order valence-corrected chi connectivity index (χ0v) is 28.9. The molecule has 0 heterocycles. The lowest BCUT2D eigenvalue weighted by atomic mass is 9.80. The van der Waals surface area contributed by atoms with Crippen LogP contribution in [0.15, 0.2) is 109 Å². The smallest absolute Gasteiger partial charge is 0.143 e. The van der Waals surface area contributed by atoms with Gasteiger partial charge >= 0.3 is 0 Å². The van der Waals surface area contributed by atoms with Gasteiger partial charge in [0.2, 0.25) is 0 Å². The minimum absolute atomic E-state index is 0.206. The van der Waals surface area contributed by atoms with Gasteiger partial charge in [-0.05, 0) is 46.9 Å². The molecule has 0 unspecified atom stereocenters. The molecule has 0 aliphatic carbocycles. The second-order valence-corrected chi connectivity index (χ2v) is 13.0. The largest absolute Gasteiger partial charge is 0.371 e. The maximum absolute atomic E-state index is 14.3. The number of unbranched alkanes of at least 4 members (excludes halogenated alkanes) is 12. The van der Waals surface area contributed by atoms with Crippen molar-refractivity contribution in [2.24, 2.45) is 0 Å². The van der Waals surface area contributed by atoms with E-state index in [9.17, 15) is 9.65 Å². The van der Waals surface area contributed by atoms with Crippen molar-refractivity contribution in [3.63, 3.8) is 0 Å². The van der Waals surface area contributed by atoms with Crippen molar-refractivity contribution >= 4 is 0 Å². The van der Waals surface area contributed by atoms with Crippen LogP contribution in [0.4, 0.5) is 4.39 Å². The van der Waals surface area contributed by atoms with Gasteiger partial charge in [-0.15, -0.1) is 0 Å². The molecule has 3 nitrogen and oxygen atoms in total. The molecule has 0 fully saturated rings. The number of hydrogen-bond donors (Lipinski definition) is 0. The molecule has 0 radical (unpaired) electrons. The van der Waals surface area contributed by atoms with E-state index in [2.05, 4.69) is 85.8 Å². The van der Waals surface area contributed by atoms with Crippen LogP contribution in [0.5, 0.6) is 0 Å². The highest BCUT2D eigenvalue weighted by atomic mass is 19.1. The number of nitriles is 1. The first-order chi connectivity index (χ1) is 23.7. The van der Waals surface area contributed by atoms with Crippen LogP contribution < -0.4 is 0 Å². The van der Waals surface area contributed by atoms with Gasteiger partial charge in [-0.1, -0.05) is 181 Å². The molecule has 0 aliphatic heterocycles. The number of benzene rings is 4. The lowest BCUT2D eigenvalue weighted by molar-refractivity contribution is -0.0731. The van der Waals surface area contributed by atoms with Crippen molar-refractivity contribution in [1.29, 1.82) is 5.26 Å². The van der Waals surface area contributed by atoms with Crippen LogP contribution in [-0.4, -0.2) is 12.7 Å². The van der Waals surface area contributed by atoms with E-state index in [-0.39, 0.29) is 12.7 Å². The Morgan fingerprint density at radius 3 is 1.54 bits per heavy atom. The molecule has 4 rings (SSSR count). The first-order valence-corrected chi connectivity index (χ1v) is 18.3. The lowest BCUT2D eigenvalue weighted by Gasteiger charge is -2.37. The second kappa shape index (κ2) is 21.2. The number of hydrogen-bond acceptors (Lipinski definition) is 3. The van der Waals surface area contributed by atoms with E-state index in [0.717, 1.165) is 36.0 Å². The minimum Gasteiger partial charge on any atom is -0.371 e. The van der Waals surface area contributed by atoms with E-state index < -0.39 is 11.4 Å². The molecule has 0 aromatic heterocycles. The third kappa shape index (κ3) is 11.7. The molecule has 0 saturated heterocycles. The Balaban J connectivity index is 1.43. The zero-order valence-electron chi connectivity index (χ0n) is 28.9. The van der Waals surface area contributed by atoms with Gasteiger partial charge < -0.3 is 9.47 Å². The number of rotatable bonds is 23. The SMILES string of the molecule is CCCCCCCCCCCCCCC[C@H](COC(c1ccccc1)(c1ccccc1)c1ccccc1)OCc1cc(F)cc(C#N)c1. The molecule has 0 N–H and O–H groups in total. The second-order valence-electron chi connectivity index (χ2n) is 13.0. The van der Waals surface area contributed by atoms with Gasteiger partial charge in [-0.2, -0.15) is 5.26 Å². The van der Waals surface area contributed by atoms with Gasteiger partial charge in [0.1, 0.15) is 11.4 Å². The monoisotopic (exact) mass is 647 g/mol. The van der Waals surface area contributed by atoms with E-state index in [1.54, 1.807) is 6.07 Å². The molecular weight excluding hydrogens is 593 g/mol. The third-order valence-electron chi connectivity index (χ3n) is 9.23. The molecule has 254 valence electrons. The molecule has 0 aliphatic rings. The Labute approximate surface area is 289 Å². The van der Waals surface area contributed by atoms with Gasteiger partial charge in [0, 0.05) is 0 Å². The average Bonchev–Trinajstić information content (AvgIpc) is 3.13. The van der Waals surface area contributed by atoms with Crippen LogP contribution in [0, 0.1) is 17.1 Å². The molecule has 1 atom stereocenters. The fraction of sp³-hybridized carbons (Fsp3) is 0.432. The van der Waals surface area contributed by atoms with Gasteiger partial charge in [0.25, 0.3) is 0 Å². The highest BCUT2D eigenvalue weighted by Crippen LogP contribution is 2.40. The maximum atomic E-state index is 14.3. The van der Waals surface area contributed by atoms with E-state index in [1.807, 2.05) is 18.2 Å². The molecule has 4 aromatic rings. The molecule has 4 aromatic carbocycles. The van der Waals surface area contributed by atoms with Gasteiger partial charge in [-0.25, -0.2) is 4.39 Å². The lowest BCUT2D eigenvalue weighted by Crippen LogP contribution is -2.36. The Bertz CT molecular complexity index is 1370. The predicted molar refractivity (Wildman–Crippen MR) is 195 cm³/mol. The van der Waals surface area contributed by atoms with Gasteiger partial charge in [0.05, 0.1) is 31.0 Å². The van der Waals surface area contributed by atoms with E-state index in [0.29, 0.717) is 17.7 Å². The minimum atomic E-state index is -0.839. The number of halogens is 1. The van der Waals surface area contributed by atoms with Crippen LogP contribution >= 0.6 is 0 Å². The standard InChI is InChI=1S/C44H54FNO2/c1-2-3-4-5-6-7-8-9-10-11-12-13-23-30-43(47-35-38-31-37(34-46)32-42(45)33-38)36-48-44(39-24-17-14-18-25-39,40-26-19-15-20-27-40)41-28-21-16-22-29-41/h14-22,24-29,31-33,43H,2-13,23,30,35-36H2,1H3/t43-/m1/s1. The van der Waals surface area contributed by atoms with Crippen LogP contribution in [0.3, 0.4) is 0 Å². The summed E-state index contributed by atoms with van der Waals surface area (Å²) in [4.78, 5) is 0. The van der Waals surface area contributed by atoms with Crippen LogP contribution in [0.25, 0.3) is 0 Å². The molecule has 48 heavy (non-hydrogen) atoms. The van der Waals surface area contributed by atoms with E-state index in [4.69, 9.17) is 9.47 Å². The Kier molecular flexibility index (Phi) is 16.4. The summed E-state index contributed by atoms with van der Waals surface area (Å²) in [7, 11) is 0. The predicted octanol–water partition coefficient (Wildman–Crippen LogP) is 12.1. The Morgan fingerprint density at radius 1 is 0.625 bits per heavy atom. The molecule has 4 heteroatoms. The summed E-state index contributed by atoms with van der Waals surface area (Å²) in [6, 6.07) is 37.6. The molecule has 0 spiro atoms. The van der Waals surface area contributed by atoms with Crippen molar-refractivity contribution in [2.45, 2.75) is 115 Å². The summed E-state index contributed by atoms with van der Waals surface area (Å²) in [5.41, 5.74) is 3.26. The first-order valence-electron chi connectivity index (χ1n) is 18.3. The summed E-state index contributed by atoms with van der Waals surface area (Å²) in [6.45, 7) is 2.85. The molecule has 0 saturated carbocycles. The summed E-state index contributed by atoms with van der Waals surface area (Å²) < 4.78 is 27.9. The van der Waals surface area contributed by atoms with Crippen LogP contribution in [-0.2, 0) is 21.7 Å². The van der Waals surface area contributed by atoms with E-state index in [1.165, 1.54) is 82.8 Å². The summed E-state index contributed by atoms with van der Waals surface area (Å²) in [5, 5.41) is 9.37. The zero-order chi connectivity index (χ0) is 33.7. The van der Waals surface area contributed by atoms with E-state index >= 15 is 0 Å². The fourth-order valence-electron chi connectivity index (χ4n) is 6.60. The van der Waals surface area contributed by atoms with Crippen LogP contribution in [0.2, 0.25) is 0 Å². The summed E-state index contributed by atoms with van der Waals surface area (Å²) >= 11 is 0. The van der Waals surface area contributed by atoms with Gasteiger partial charge in [-0.3, -0.25) is 0 Å². The van der Waals surface area contributed by atoms with Crippen molar-refractivity contribution in [2.75, 3.05) is 6.61 Å². The Hall–Kier alpha value is -3.78. The van der Waals surface area contributed by atoms with Crippen molar-refractivity contribution < 1.29 is 13.9 Å². The van der Waals surface area contributed by atoms with Gasteiger partial charge in [0.15, 0.2) is 0 Å². The molecule has 0 bridgehead atoms. The van der Waals surface area contributed by atoms with Crippen molar-refractivity contribution in [1.82, 2.24) is 0 Å². The topological polar surface area (TPSA) is 42.2 Å². The third-order valence-corrected chi connectivity index (χ3v) is 9.23. The highest BCUT2D eigenvalue weighted by Gasteiger charge is 2.38. The van der Waals surface area contributed by atoms with Crippen molar-refractivity contribution in [3.05, 3.63) is 143 Å². The normalized spacial score (nSPS) is 12.1. The van der Waals surface area contributed by atoms with Crippen LogP contribution in [0.1, 0.15) is 125 Å². The maximum Gasteiger partial charge on any atom is 0.143 e. The highest BCUT2D eigenvalue weighted by molar-refractivity contribution is 5.47. The number of ether oxygens (including phenoxy) is 2. The Morgan fingerprint density at radius 2 is 1.08 bits per heavy atom. The quantitative estimate of drug-likeness (QED) is 0.0594. The van der Waals surface area contributed by atoms with Crippen molar-refractivity contribution in [3.8, 4) is 6.07 Å². The fourth-order valence-corrected chi connectivity index (χ4v) is 6.60. The molecular formula is C44H54FNO2. The average molecular weight is 648 g/mol.